The molecule has 0 spiro atoms. The van der Waals surface area contributed by atoms with Crippen LogP contribution in [0.4, 0.5) is 0 Å². The smallest absolute Gasteiger partial charge is 0.331 e. The minimum atomic E-state index is -0.958. The van der Waals surface area contributed by atoms with Gasteiger partial charge >= 0.3 is 5.97 Å². The summed E-state index contributed by atoms with van der Waals surface area (Å²) in [7, 11) is 0. The Balaban J connectivity index is 2.28. The number of carboxylic acids is 1. The highest BCUT2D eigenvalue weighted by Gasteiger charge is 2.37. The van der Waals surface area contributed by atoms with Crippen LogP contribution in [0.3, 0.4) is 0 Å². The van der Waals surface area contributed by atoms with E-state index in [0.29, 0.717) is 6.41 Å². The maximum absolute atomic E-state index is 11.2. The number of carbonyl (C=O) groups is 2. The summed E-state index contributed by atoms with van der Waals surface area (Å²) in [6, 6.07) is 2.97. The molecule has 0 radical (unpaired) electrons. The molecule has 4 nitrogen and oxygen atoms in total. The third kappa shape index (κ3) is 2.09. The van der Waals surface area contributed by atoms with E-state index in [1.807, 2.05) is 13.0 Å². The third-order valence-corrected chi connectivity index (χ3v) is 3.71. The van der Waals surface area contributed by atoms with Gasteiger partial charge in [-0.05, 0) is 31.9 Å². The number of aliphatic carboxylic acids is 1. The molecule has 0 aromatic carbocycles. The first kappa shape index (κ1) is 11.1. The van der Waals surface area contributed by atoms with E-state index in [-0.39, 0.29) is 6.04 Å². The standard InChI is InChI=1S/C11H13NO3S/c1-7-2-5-9(16-7)10(11(14)15)12(6-13)8-3-4-8/h2,5-6,8,10H,3-4H2,1H3,(H,14,15). The molecule has 1 aliphatic carbocycles. The Bertz CT molecular complexity index is 411. The van der Waals surface area contributed by atoms with Gasteiger partial charge in [-0.25, -0.2) is 4.79 Å². The second-order valence-corrected chi connectivity index (χ2v) is 5.29. The van der Waals surface area contributed by atoms with Crippen molar-refractivity contribution in [1.29, 1.82) is 0 Å². The lowest BCUT2D eigenvalue weighted by atomic mass is 10.2. The number of thiophene rings is 1. The number of carbonyl (C=O) groups excluding carboxylic acids is 1. The van der Waals surface area contributed by atoms with Gasteiger partial charge in [-0.15, -0.1) is 11.3 Å². The molecule has 86 valence electrons. The zero-order valence-electron chi connectivity index (χ0n) is 8.92. The quantitative estimate of drug-likeness (QED) is 0.797. The predicted octanol–water partition coefficient (Wildman–Crippen LogP) is 1.80. The van der Waals surface area contributed by atoms with Crippen LogP contribution in [0.5, 0.6) is 0 Å². The molecule has 5 heteroatoms. The molecule has 1 fully saturated rings. The first-order valence-electron chi connectivity index (χ1n) is 5.15. The largest absolute Gasteiger partial charge is 0.479 e. The fraction of sp³-hybridized carbons (Fsp3) is 0.455. The van der Waals surface area contributed by atoms with Crippen molar-refractivity contribution in [3.05, 3.63) is 21.9 Å². The fourth-order valence-corrected chi connectivity index (χ4v) is 2.71. The highest BCUT2D eigenvalue weighted by atomic mass is 32.1. The van der Waals surface area contributed by atoms with Crippen molar-refractivity contribution < 1.29 is 14.7 Å². The van der Waals surface area contributed by atoms with Crippen LogP contribution in [0.25, 0.3) is 0 Å². The molecule has 1 aliphatic rings. The Morgan fingerprint density at radius 1 is 1.62 bits per heavy atom. The molecule has 1 aromatic rings. The number of nitrogens with zero attached hydrogens (tertiary/aromatic N) is 1. The van der Waals surface area contributed by atoms with Crippen LogP contribution >= 0.6 is 11.3 Å². The Morgan fingerprint density at radius 3 is 2.69 bits per heavy atom. The third-order valence-electron chi connectivity index (χ3n) is 2.65. The predicted molar refractivity (Wildman–Crippen MR) is 60.4 cm³/mol. The van der Waals surface area contributed by atoms with E-state index in [4.69, 9.17) is 0 Å². The average Bonchev–Trinajstić information content (AvgIpc) is 2.98. The van der Waals surface area contributed by atoms with Gasteiger partial charge in [0.2, 0.25) is 6.41 Å². The van der Waals surface area contributed by atoms with Crippen molar-refractivity contribution >= 4 is 23.7 Å². The topological polar surface area (TPSA) is 57.6 Å². The molecule has 1 aromatic heterocycles. The molecule has 0 bridgehead atoms. The molecule has 1 unspecified atom stereocenters. The van der Waals surface area contributed by atoms with E-state index in [2.05, 4.69) is 0 Å². The van der Waals surface area contributed by atoms with E-state index < -0.39 is 12.0 Å². The highest BCUT2D eigenvalue weighted by molar-refractivity contribution is 7.12. The Morgan fingerprint density at radius 2 is 2.31 bits per heavy atom. The van der Waals surface area contributed by atoms with Crippen LogP contribution in [0.1, 0.15) is 28.6 Å². The van der Waals surface area contributed by atoms with Gasteiger partial charge in [-0.1, -0.05) is 0 Å². The monoisotopic (exact) mass is 239 g/mol. The number of aryl methyl sites for hydroxylation is 1. The lowest BCUT2D eigenvalue weighted by molar-refractivity contribution is -0.147. The van der Waals surface area contributed by atoms with Crippen LogP contribution in [-0.2, 0) is 9.59 Å². The van der Waals surface area contributed by atoms with Gasteiger partial charge < -0.3 is 10.0 Å². The Labute approximate surface area is 97.5 Å². The summed E-state index contributed by atoms with van der Waals surface area (Å²) in [5, 5.41) is 9.22. The normalized spacial score (nSPS) is 16.8. The fourth-order valence-electron chi connectivity index (χ4n) is 1.73. The van der Waals surface area contributed by atoms with E-state index in [1.165, 1.54) is 16.2 Å². The van der Waals surface area contributed by atoms with Crippen LogP contribution in [-0.4, -0.2) is 28.4 Å². The molecule has 16 heavy (non-hydrogen) atoms. The maximum atomic E-state index is 11.2. The van der Waals surface area contributed by atoms with Crippen molar-refractivity contribution in [1.82, 2.24) is 4.90 Å². The minimum Gasteiger partial charge on any atom is -0.479 e. The number of hydrogen-bond acceptors (Lipinski definition) is 3. The first-order chi connectivity index (χ1) is 7.63. The van der Waals surface area contributed by atoms with E-state index in [1.54, 1.807) is 6.07 Å². The molecular formula is C11H13NO3S. The average molecular weight is 239 g/mol. The van der Waals surface area contributed by atoms with E-state index in [0.717, 1.165) is 22.6 Å². The Hall–Kier alpha value is -1.36. The number of amides is 1. The number of rotatable bonds is 5. The first-order valence-corrected chi connectivity index (χ1v) is 5.97. The molecule has 1 N–H and O–H groups in total. The summed E-state index contributed by atoms with van der Waals surface area (Å²) in [4.78, 5) is 25.4. The SMILES string of the molecule is Cc1ccc(C(C(=O)O)N(C=O)C2CC2)s1. The second kappa shape index (κ2) is 4.25. The molecule has 0 aliphatic heterocycles. The number of carboxylic acid groups (broad SMARTS) is 1. The van der Waals surface area contributed by atoms with E-state index >= 15 is 0 Å². The van der Waals surface area contributed by atoms with Crippen molar-refractivity contribution in [2.24, 2.45) is 0 Å². The summed E-state index contributed by atoms with van der Waals surface area (Å²) < 4.78 is 0. The molecule has 1 saturated carbocycles. The molecule has 1 atom stereocenters. The maximum Gasteiger partial charge on any atom is 0.331 e. The van der Waals surface area contributed by atoms with Crippen LogP contribution < -0.4 is 0 Å². The van der Waals surface area contributed by atoms with Gasteiger partial charge in [0.05, 0.1) is 0 Å². The summed E-state index contributed by atoms with van der Waals surface area (Å²) in [5.74, 6) is -0.958. The van der Waals surface area contributed by atoms with Crippen molar-refractivity contribution in [2.45, 2.75) is 31.8 Å². The highest BCUT2D eigenvalue weighted by Crippen LogP contribution is 2.35. The lowest BCUT2D eigenvalue weighted by Crippen LogP contribution is -2.34. The molecule has 1 amide bonds. The minimum absolute atomic E-state index is 0.112. The van der Waals surface area contributed by atoms with Crippen LogP contribution in [0.15, 0.2) is 12.1 Å². The Kier molecular flexibility index (Phi) is 2.96. The molecule has 1 heterocycles. The summed E-state index contributed by atoms with van der Waals surface area (Å²) >= 11 is 1.43. The lowest BCUT2D eigenvalue weighted by Gasteiger charge is -2.23. The zero-order chi connectivity index (χ0) is 11.7. The van der Waals surface area contributed by atoms with Gasteiger partial charge in [-0.3, -0.25) is 4.79 Å². The van der Waals surface area contributed by atoms with Gasteiger partial charge in [-0.2, -0.15) is 0 Å². The van der Waals surface area contributed by atoms with Crippen molar-refractivity contribution in [3.8, 4) is 0 Å². The summed E-state index contributed by atoms with van der Waals surface area (Å²) in [6.45, 7) is 1.93. The summed E-state index contributed by atoms with van der Waals surface area (Å²) in [5.41, 5.74) is 0. The van der Waals surface area contributed by atoms with Crippen molar-refractivity contribution in [2.75, 3.05) is 0 Å². The van der Waals surface area contributed by atoms with Gasteiger partial charge in [0.25, 0.3) is 0 Å². The van der Waals surface area contributed by atoms with Crippen LogP contribution in [0.2, 0.25) is 0 Å². The van der Waals surface area contributed by atoms with Gasteiger partial charge in [0.15, 0.2) is 6.04 Å². The molecular weight excluding hydrogens is 226 g/mol. The molecule has 2 rings (SSSR count). The summed E-state index contributed by atoms with van der Waals surface area (Å²) in [6.07, 6.45) is 2.48. The number of hydrogen-bond donors (Lipinski definition) is 1. The van der Waals surface area contributed by atoms with Gasteiger partial charge in [0, 0.05) is 15.8 Å². The molecule has 0 saturated heterocycles. The van der Waals surface area contributed by atoms with Crippen LogP contribution in [0, 0.1) is 6.92 Å². The second-order valence-electron chi connectivity index (χ2n) is 3.97. The van der Waals surface area contributed by atoms with Gasteiger partial charge in [0.1, 0.15) is 0 Å². The van der Waals surface area contributed by atoms with Crippen molar-refractivity contribution in [3.63, 3.8) is 0 Å². The zero-order valence-corrected chi connectivity index (χ0v) is 9.74. The van der Waals surface area contributed by atoms with E-state index in [9.17, 15) is 14.7 Å².